The lowest BCUT2D eigenvalue weighted by Crippen LogP contribution is -2.35. The molecule has 0 unspecified atom stereocenters. The third-order valence-corrected chi connectivity index (χ3v) is 5.22. The number of aromatic nitrogens is 3. The highest BCUT2D eigenvalue weighted by molar-refractivity contribution is 7.09. The second-order valence-electron chi connectivity index (χ2n) is 6.21. The van der Waals surface area contributed by atoms with Gasteiger partial charge in [-0.2, -0.15) is 4.98 Å². The molecule has 0 radical (unpaired) electrons. The normalized spacial score (nSPS) is 15.4. The number of nitrogens with two attached hydrogens (primary N) is 1. The first kappa shape index (κ1) is 17.3. The third kappa shape index (κ3) is 4.16. The molecule has 4 rings (SSSR count). The lowest BCUT2D eigenvalue weighted by atomic mass is 10.1. The van der Waals surface area contributed by atoms with Crippen molar-refractivity contribution in [2.24, 2.45) is 5.73 Å². The number of nitrogens with zero attached hydrogens (tertiary/aromatic N) is 4. The Kier molecular flexibility index (Phi) is 5.35. The van der Waals surface area contributed by atoms with E-state index in [9.17, 15) is 0 Å². The third-order valence-electron chi connectivity index (χ3n) is 4.30. The fraction of sp³-hybridized carbons (Fsp3) is 0.389. The van der Waals surface area contributed by atoms with Crippen LogP contribution in [0.15, 0.2) is 34.2 Å². The summed E-state index contributed by atoms with van der Waals surface area (Å²) in [5, 5.41) is 6.98. The van der Waals surface area contributed by atoms with Crippen molar-refractivity contribution in [3.05, 3.63) is 51.8 Å². The van der Waals surface area contributed by atoms with Gasteiger partial charge in [-0.05, 0) is 5.56 Å². The van der Waals surface area contributed by atoms with E-state index in [1.807, 2.05) is 17.5 Å². The molecule has 2 N–H and O–H groups in total. The van der Waals surface area contributed by atoms with Gasteiger partial charge in [0.15, 0.2) is 0 Å². The van der Waals surface area contributed by atoms with Crippen molar-refractivity contribution in [2.45, 2.75) is 19.5 Å². The number of benzene rings is 1. The van der Waals surface area contributed by atoms with Crippen molar-refractivity contribution in [1.82, 2.24) is 20.0 Å². The zero-order chi connectivity index (χ0) is 17.8. The van der Waals surface area contributed by atoms with Crippen LogP contribution < -0.4 is 5.73 Å². The SMILES string of the molecule is NCc1nc(Cc2nc(-c3ccc(CN4CCOCC4)cc3)no2)cs1. The minimum Gasteiger partial charge on any atom is -0.379 e. The Labute approximate surface area is 155 Å². The molecule has 136 valence electrons. The van der Waals surface area contributed by atoms with Crippen LogP contribution in [0.1, 0.15) is 22.2 Å². The standard InChI is InChI=1S/C18H21N5O2S/c19-10-17-20-15(12-26-17)9-16-21-18(22-25-16)14-3-1-13(2-4-14)11-23-5-7-24-8-6-23/h1-4,12H,5-11,19H2. The van der Waals surface area contributed by atoms with Gasteiger partial charge in [0, 0.05) is 37.1 Å². The molecule has 8 heteroatoms. The highest BCUT2D eigenvalue weighted by Crippen LogP contribution is 2.19. The van der Waals surface area contributed by atoms with Gasteiger partial charge in [0.1, 0.15) is 5.01 Å². The summed E-state index contributed by atoms with van der Waals surface area (Å²) >= 11 is 1.55. The molecule has 1 aliphatic heterocycles. The predicted molar refractivity (Wildman–Crippen MR) is 98.6 cm³/mol. The van der Waals surface area contributed by atoms with E-state index < -0.39 is 0 Å². The van der Waals surface area contributed by atoms with Crippen molar-refractivity contribution in [2.75, 3.05) is 26.3 Å². The van der Waals surface area contributed by atoms with Crippen LogP contribution in [0.2, 0.25) is 0 Å². The molecule has 0 amide bonds. The van der Waals surface area contributed by atoms with Gasteiger partial charge in [-0.25, -0.2) is 4.98 Å². The second kappa shape index (κ2) is 8.05. The number of morpholine rings is 1. The van der Waals surface area contributed by atoms with Crippen LogP contribution in [-0.2, 0) is 24.2 Å². The van der Waals surface area contributed by atoms with Crippen LogP contribution in [0.4, 0.5) is 0 Å². The molecule has 26 heavy (non-hydrogen) atoms. The van der Waals surface area contributed by atoms with Gasteiger partial charge in [-0.1, -0.05) is 29.4 Å². The van der Waals surface area contributed by atoms with Gasteiger partial charge in [0.25, 0.3) is 0 Å². The van der Waals surface area contributed by atoms with Crippen LogP contribution in [0.25, 0.3) is 11.4 Å². The van der Waals surface area contributed by atoms with Gasteiger partial charge >= 0.3 is 0 Å². The van der Waals surface area contributed by atoms with Gasteiger partial charge in [0.05, 0.1) is 25.3 Å². The highest BCUT2D eigenvalue weighted by atomic mass is 32.1. The van der Waals surface area contributed by atoms with E-state index in [-0.39, 0.29) is 0 Å². The monoisotopic (exact) mass is 371 g/mol. The highest BCUT2D eigenvalue weighted by Gasteiger charge is 2.13. The van der Waals surface area contributed by atoms with Crippen molar-refractivity contribution in [3.8, 4) is 11.4 Å². The molecule has 1 saturated heterocycles. The Morgan fingerprint density at radius 1 is 1.12 bits per heavy atom. The number of ether oxygens (including phenoxy) is 1. The summed E-state index contributed by atoms with van der Waals surface area (Å²) in [6.07, 6.45) is 0.526. The second-order valence-corrected chi connectivity index (χ2v) is 7.15. The molecule has 3 aromatic rings. The van der Waals surface area contributed by atoms with Gasteiger partial charge < -0.3 is 15.0 Å². The first-order chi connectivity index (χ1) is 12.8. The zero-order valence-corrected chi connectivity index (χ0v) is 15.2. The average molecular weight is 371 g/mol. The van der Waals surface area contributed by atoms with Crippen LogP contribution in [-0.4, -0.2) is 46.3 Å². The maximum absolute atomic E-state index is 5.60. The molecule has 0 bridgehead atoms. The summed E-state index contributed by atoms with van der Waals surface area (Å²) in [4.78, 5) is 11.3. The van der Waals surface area contributed by atoms with E-state index in [2.05, 4.69) is 32.2 Å². The van der Waals surface area contributed by atoms with Crippen molar-refractivity contribution >= 4 is 11.3 Å². The van der Waals surface area contributed by atoms with E-state index in [0.717, 1.165) is 49.1 Å². The maximum Gasteiger partial charge on any atom is 0.233 e. The number of thiazole rings is 1. The summed E-state index contributed by atoms with van der Waals surface area (Å²) in [5.41, 5.74) is 8.73. The summed E-state index contributed by atoms with van der Waals surface area (Å²) < 4.78 is 10.8. The van der Waals surface area contributed by atoms with Crippen LogP contribution in [0.5, 0.6) is 0 Å². The number of hydrogen-bond donors (Lipinski definition) is 1. The van der Waals surface area contributed by atoms with Crippen LogP contribution in [0.3, 0.4) is 0 Å². The van der Waals surface area contributed by atoms with E-state index >= 15 is 0 Å². The summed E-state index contributed by atoms with van der Waals surface area (Å²) in [6, 6.07) is 8.32. The molecule has 1 aromatic carbocycles. The fourth-order valence-corrected chi connectivity index (χ4v) is 3.57. The van der Waals surface area contributed by atoms with Gasteiger partial charge in [-0.15, -0.1) is 11.3 Å². The van der Waals surface area contributed by atoms with Crippen molar-refractivity contribution in [3.63, 3.8) is 0 Å². The first-order valence-corrected chi connectivity index (χ1v) is 9.53. The molecule has 0 aliphatic carbocycles. The lowest BCUT2D eigenvalue weighted by molar-refractivity contribution is 0.0342. The molecule has 0 atom stereocenters. The molecule has 0 spiro atoms. The Bertz CT molecular complexity index is 839. The summed E-state index contributed by atoms with van der Waals surface area (Å²) in [6.45, 7) is 4.99. The van der Waals surface area contributed by atoms with Crippen molar-refractivity contribution < 1.29 is 9.26 Å². The van der Waals surface area contributed by atoms with E-state index in [1.165, 1.54) is 5.56 Å². The summed E-state index contributed by atoms with van der Waals surface area (Å²) in [7, 11) is 0. The Hall–Kier alpha value is -2.13. The molecule has 1 aliphatic rings. The molecule has 2 aromatic heterocycles. The Morgan fingerprint density at radius 3 is 2.65 bits per heavy atom. The molecule has 0 saturated carbocycles. The maximum atomic E-state index is 5.60. The lowest BCUT2D eigenvalue weighted by Gasteiger charge is -2.26. The average Bonchev–Trinajstić information content (AvgIpc) is 3.33. The molecular formula is C18H21N5O2S. The van der Waals surface area contributed by atoms with E-state index in [1.54, 1.807) is 11.3 Å². The minimum absolute atomic E-state index is 0.455. The van der Waals surface area contributed by atoms with E-state index in [4.69, 9.17) is 15.0 Å². The minimum atomic E-state index is 0.455. The number of rotatable bonds is 6. The zero-order valence-electron chi connectivity index (χ0n) is 14.4. The van der Waals surface area contributed by atoms with Crippen molar-refractivity contribution in [1.29, 1.82) is 0 Å². The van der Waals surface area contributed by atoms with E-state index in [0.29, 0.717) is 24.7 Å². The molecule has 7 nitrogen and oxygen atoms in total. The number of hydrogen-bond acceptors (Lipinski definition) is 8. The van der Waals surface area contributed by atoms with Crippen LogP contribution >= 0.6 is 11.3 Å². The topological polar surface area (TPSA) is 90.3 Å². The fourth-order valence-electron chi connectivity index (χ4n) is 2.90. The van der Waals surface area contributed by atoms with Crippen LogP contribution in [0, 0.1) is 0 Å². The smallest absolute Gasteiger partial charge is 0.233 e. The molecular weight excluding hydrogens is 350 g/mol. The molecule has 1 fully saturated rings. The van der Waals surface area contributed by atoms with Gasteiger partial charge in [-0.3, -0.25) is 4.90 Å². The Morgan fingerprint density at radius 2 is 1.92 bits per heavy atom. The quantitative estimate of drug-likeness (QED) is 0.709. The van der Waals surface area contributed by atoms with Gasteiger partial charge in [0.2, 0.25) is 11.7 Å². The predicted octanol–water partition coefficient (Wildman–Crippen LogP) is 2.07. The Balaban J connectivity index is 1.40. The molecule has 3 heterocycles. The largest absolute Gasteiger partial charge is 0.379 e. The first-order valence-electron chi connectivity index (χ1n) is 8.65. The summed E-state index contributed by atoms with van der Waals surface area (Å²) in [5.74, 6) is 1.17.